The highest BCUT2D eigenvalue weighted by molar-refractivity contribution is 9.10. The first-order valence-electron chi connectivity index (χ1n) is 8.17. The molecule has 2 aromatic carbocycles. The average molecular weight is 405 g/mol. The summed E-state index contributed by atoms with van der Waals surface area (Å²) in [5.74, 6) is 0.258. The second-order valence-electron chi connectivity index (χ2n) is 5.40. The number of anilines is 2. The van der Waals surface area contributed by atoms with Crippen LogP contribution in [0.2, 0.25) is 0 Å². The minimum Gasteiger partial charge on any atom is -0.493 e. The van der Waals surface area contributed by atoms with Gasteiger partial charge in [0.25, 0.3) is 5.91 Å². The van der Waals surface area contributed by atoms with Crippen LogP contribution in [0.3, 0.4) is 0 Å². The van der Waals surface area contributed by atoms with E-state index in [4.69, 9.17) is 4.74 Å². The van der Waals surface area contributed by atoms with Crippen LogP contribution in [0.5, 0.6) is 5.75 Å². The molecule has 0 saturated carbocycles. The summed E-state index contributed by atoms with van der Waals surface area (Å²) < 4.78 is 6.31. The molecule has 25 heavy (non-hydrogen) atoms. The standard InChI is InChI=1S/C19H21BrN2O3/c1-3-5-18(23)21-14-7-9-15(10-8-14)22-19(24)16-12-13(20)6-11-17(16)25-4-2/h6-12H,3-5H2,1-2H3,(H,21,23)(H,22,24). The van der Waals surface area contributed by atoms with Crippen molar-refractivity contribution in [2.75, 3.05) is 17.2 Å². The Morgan fingerprint density at radius 1 is 1.00 bits per heavy atom. The molecule has 0 radical (unpaired) electrons. The molecule has 132 valence electrons. The molecule has 2 N–H and O–H groups in total. The molecular formula is C19H21BrN2O3. The number of ether oxygens (including phenoxy) is 1. The van der Waals surface area contributed by atoms with Gasteiger partial charge in [0, 0.05) is 22.3 Å². The fourth-order valence-electron chi connectivity index (χ4n) is 2.25. The molecule has 0 spiro atoms. The lowest BCUT2D eigenvalue weighted by molar-refractivity contribution is -0.116. The van der Waals surface area contributed by atoms with E-state index in [1.54, 1.807) is 36.4 Å². The maximum absolute atomic E-state index is 12.5. The van der Waals surface area contributed by atoms with E-state index in [-0.39, 0.29) is 11.8 Å². The van der Waals surface area contributed by atoms with Gasteiger partial charge in [0.2, 0.25) is 5.91 Å². The molecule has 0 atom stereocenters. The molecule has 0 aliphatic rings. The summed E-state index contributed by atoms with van der Waals surface area (Å²) in [6.07, 6.45) is 1.29. The molecule has 5 nitrogen and oxygen atoms in total. The maximum Gasteiger partial charge on any atom is 0.259 e. The molecule has 0 aliphatic carbocycles. The molecule has 0 fully saturated rings. The normalized spacial score (nSPS) is 10.2. The third-order valence-corrected chi connectivity index (χ3v) is 3.88. The van der Waals surface area contributed by atoms with E-state index >= 15 is 0 Å². The Hall–Kier alpha value is -2.34. The Bertz CT molecular complexity index is 745. The third-order valence-electron chi connectivity index (χ3n) is 3.39. The van der Waals surface area contributed by atoms with Crippen molar-refractivity contribution in [2.45, 2.75) is 26.7 Å². The van der Waals surface area contributed by atoms with Crippen molar-refractivity contribution in [3.05, 3.63) is 52.5 Å². The van der Waals surface area contributed by atoms with Crippen LogP contribution in [0, 0.1) is 0 Å². The zero-order valence-corrected chi connectivity index (χ0v) is 15.9. The highest BCUT2D eigenvalue weighted by Gasteiger charge is 2.13. The van der Waals surface area contributed by atoms with Crippen molar-refractivity contribution in [3.63, 3.8) is 0 Å². The van der Waals surface area contributed by atoms with Crippen LogP contribution in [0.25, 0.3) is 0 Å². The molecule has 2 aromatic rings. The Labute approximate surface area is 155 Å². The van der Waals surface area contributed by atoms with E-state index < -0.39 is 0 Å². The minimum absolute atomic E-state index is 0.0187. The average Bonchev–Trinajstić information content (AvgIpc) is 2.58. The first kappa shape index (κ1) is 19.0. The van der Waals surface area contributed by atoms with E-state index in [2.05, 4.69) is 26.6 Å². The van der Waals surface area contributed by atoms with Crippen molar-refractivity contribution < 1.29 is 14.3 Å². The van der Waals surface area contributed by atoms with Crippen LogP contribution >= 0.6 is 15.9 Å². The van der Waals surface area contributed by atoms with E-state index in [1.165, 1.54) is 0 Å². The number of amides is 2. The lowest BCUT2D eigenvalue weighted by atomic mass is 10.1. The van der Waals surface area contributed by atoms with E-state index in [9.17, 15) is 9.59 Å². The number of carbonyl (C=O) groups excluding carboxylic acids is 2. The zero-order valence-electron chi connectivity index (χ0n) is 14.3. The van der Waals surface area contributed by atoms with E-state index in [0.29, 0.717) is 35.7 Å². The van der Waals surface area contributed by atoms with Crippen molar-refractivity contribution in [3.8, 4) is 5.75 Å². The number of hydrogen-bond donors (Lipinski definition) is 2. The van der Waals surface area contributed by atoms with Crippen LogP contribution in [0.1, 0.15) is 37.0 Å². The summed E-state index contributed by atoms with van der Waals surface area (Å²) in [6, 6.07) is 12.3. The summed E-state index contributed by atoms with van der Waals surface area (Å²) in [5, 5.41) is 5.65. The minimum atomic E-state index is -0.257. The summed E-state index contributed by atoms with van der Waals surface area (Å²) >= 11 is 3.37. The van der Waals surface area contributed by atoms with Crippen molar-refractivity contribution in [2.24, 2.45) is 0 Å². The molecule has 0 aromatic heterocycles. The van der Waals surface area contributed by atoms with Crippen LogP contribution < -0.4 is 15.4 Å². The van der Waals surface area contributed by atoms with Crippen molar-refractivity contribution >= 4 is 39.1 Å². The van der Waals surface area contributed by atoms with Gasteiger partial charge in [0.15, 0.2) is 0 Å². The quantitative estimate of drug-likeness (QED) is 0.693. The molecule has 2 rings (SSSR count). The lowest BCUT2D eigenvalue weighted by Gasteiger charge is -2.12. The number of nitrogens with one attached hydrogen (secondary N) is 2. The predicted molar refractivity (Wildman–Crippen MR) is 103 cm³/mol. The molecule has 0 saturated heterocycles. The smallest absolute Gasteiger partial charge is 0.259 e. The highest BCUT2D eigenvalue weighted by atomic mass is 79.9. The number of carbonyl (C=O) groups is 2. The lowest BCUT2D eigenvalue weighted by Crippen LogP contribution is -2.14. The number of benzene rings is 2. The van der Waals surface area contributed by atoms with Crippen LogP contribution in [0.4, 0.5) is 11.4 Å². The number of halogens is 1. The summed E-state index contributed by atoms with van der Waals surface area (Å²) in [4.78, 5) is 24.1. The van der Waals surface area contributed by atoms with Gasteiger partial charge in [-0.15, -0.1) is 0 Å². The van der Waals surface area contributed by atoms with Crippen LogP contribution in [-0.2, 0) is 4.79 Å². The summed E-state index contributed by atoms with van der Waals surface area (Å²) in [6.45, 7) is 4.31. The van der Waals surface area contributed by atoms with Gasteiger partial charge < -0.3 is 15.4 Å². The molecular weight excluding hydrogens is 384 g/mol. The second kappa shape index (κ2) is 9.22. The van der Waals surface area contributed by atoms with Crippen LogP contribution in [0.15, 0.2) is 46.9 Å². The zero-order chi connectivity index (χ0) is 18.2. The molecule has 0 heterocycles. The summed E-state index contributed by atoms with van der Waals surface area (Å²) in [7, 11) is 0. The predicted octanol–water partition coefficient (Wildman–Crippen LogP) is 4.84. The highest BCUT2D eigenvalue weighted by Crippen LogP contribution is 2.25. The Morgan fingerprint density at radius 2 is 1.64 bits per heavy atom. The number of hydrogen-bond acceptors (Lipinski definition) is 3. The van der Waals surface area contributed by atoms with Gasteiger partial charge >= 0.3 is 0 Å². The van der Waals surface area contributed by atoms with Gasteiger partial charge in [-0.25, -0.2) is 0 Å². The van der Waals surface area contributed by atoms with Gasteiger partial charge in [-0.05, 0) is 55.8 Å². The maximum atomic E-state index is 12.5. The molecule has 0 unspecified atom stereocenters. The van der Waals surface area contributed by atoms with Gasteiger partial charge in [0.05, 0.1) is 12.2 Å². The monoisotopic (exact) mass is 404 g/mol. The van der Waals surface area contributed by atoms with Gasteiger partial charge in [-0.2, -0.15) is 0 Å². The Balaban J connectivity index is 2.08. The fraction of sp³-hybridized carbons (Fsp3) is 0.263. The molecule has 0 bridgehead atoms. The van der Waals surface area contributed by atoms with E-state index in [1.807, 2.05) is 19.9 Å². The molecule has 0 aliphatic heterocycles. The first-order chi connectivity index (χ1) is 12.0. The van der Waals surface area contributed by atoms with E-state index in [0.717, 1.165) is 10.9 Å². The summed E-state index contributed by atoms with van der Waals surface area (Å²) in [5.41, 5.74) is 1.80. The van der Waals surface area contributed by atoms with Crippen molar-refractivity contribution in [1.82, 2.24) is 0 Å². The van der Waals surface area contributed by atoms with Gasteiger partial charge in [0.1, 0.15) is 5.75 Å². The van der Waals surface area contributed by atoms with Gasteiger partial charge in [-0.3, -0.25) is 9.59 Å². The molecule has 2 amide bonds. The fourth-order valence-corrected chi connectivity index (χ4v) is 2.61. The van der Waals surface area contributed by atoms with Crippen LogP contribution in [-0.4, -0.2) is 18.4 Å². The first-order valence-corrected chi connectivity index (χ1v) is 8.96. The van der Waals surface area contributed by atoms with Crippen molar-refractivity contribution in [1.29, 1.82) is 0 Å². The third kappa shape index (κ3) is 5.60. The second-order valence-corrected chi connectivity index (χ2v) is 6.32. The van der Waals surface area contributed by atoms with Gasteiger partial charge in [-0.1, -0.05) is 22.9 Å². The SMILES string of the molecule is CCCC(=O)Nc1ccc(NC(=O)c2cc(Br)ccc2OCC)cc1. The topological polar surface area (TPSA) is 67.4 Å². The Morgan fingerprint density at radius 3 is 2.24 bits per heavy atom. The number of rotatable bonds is 7. The largest absolute Gasteiger partial charge is 0.493 e. The molecule has 6 heteroatoms. The Kier molecular flexibility index (Phi) is 7.01.